The van der Waals surface area contributed by atoms with Gasteiger partial charge in [-0.3, -0.25) is 4.79 Å². The third-order valence-corrected chi connectivity index (χ3v) is 4.78. The lowest BCUT2D eigenvalue weighted by atomic mass is 10.1. The minimum absolute atomic E-state index is 0.135. The Bertz CT molecular complexity index is 993. The average molecular weight is 433 g/mol. The largest absolute Gasteiger partial charge is 0.494 e. The first kappa shape index (κ1) is 22.9. The van der Waals surface area contributed by atoms with Crippen LogP contribution >= 0.6 is 0 Å². The van der Waals surface area contributed by atoms with Crippen LogP contribution in [0.2, 0.25) is 0 Å². The maximum absolute atomic E-state index is 12.9. The van der Waals surface area contributed by atoms with E-state index in [1.54, 1.807) is 0 Å². The molecule has 6 nitrogen and oxygen atoms in total. The van der Waals surface area contributed by atoms with Crippen LogP contribution in [-0.4, -0.2) is 24.6 Å². The fraction of sp³-hybridized carbons (Fsp3) is 0.231. The number of ether oxygens (including phenoxy) is 2. The van der Waals surface area contributed by atoms with Gasteiger partial charge in [0, 0.05) is 13.0 Å². The zero-order valence-corrected chi connectivity index (χ0v) is 18.1. The number of hydrogen-bond acceptors (Lipinski definition) is 4. The molecule has 0 aliphatic rings. The summed E-state index contributed by atoms with van der Waals surface area (Å²) in [5.41, 5.74) is 2.73. The van der Waals surface area contributed by atoms with Crippen molar-refractivity contribution < 1.29 is 19.1 Å². The number of rotatable bonds is 10. The highest BCUT2D eigenvalue weighted by atomic mass is 16.5. The van der Waals surface area contributed by atoms with Gasteiger partial charge in [0.15, 0.2) is 0 Å². The van der Waals surface area contributed by atoms with Gasteiger partial charge < -0.3 is 20.1 Å². The summed E-state index contributed by atoms with van der Waals surface area (Å²) in [5.74, 6) is 0.468. The van der Waals surface area contributed by atoms with E-state index in [1.807, 2.05) is 91.9 Å². The van der Waals surface area contributed by atoms with Crippen LogP contribution in [0.4, 0.5) is 4.79 Å². The molecule has 3 aromatic carbocycles. The van der Waals surface area contributed by atoms with Gasteiger partial charge >= 0.3 is 6.09 Å². The van der Waals surface area contributed by atoms with E-state index >= 15 is 0 Å². The van der Waals surface area contributed by atoms with Gasteiger partial charge in [-0.1, -0.05) is 72.8 Å². The standard InChI is InChI=1S/C26H28N2O4/c1-2-31-23-15-9-14-22(16-23)18-27-25(29)24(17-20-10-5-3-6-11-20)28-26(30)32-19-21-12-7-4-8-13-21/h3-16,24H,2,17-19H2,1H3,(H,27,29)(H,28,30). The molecule has 0 aliphatic heterocycles. The lowest BCUT2D eigenvalue weighted by Crippen LogP contribution is -2.48. The van der Waals surface area contributed by atoms with Crippen LogP contribution in [0.25, 0.3) is 0 Å². The molecule has 0 heterocycles. The maximum Gasteiger partial charge on any atom is 0.408 e. The van der Waals surface area contributed by atoms with Gasteiger partial charge in [-0.25, -0.2) is 4.79 Å². The van der Waals surface area contributed by atoms with Crippen LogP contribution in [-0.2, 0) is 29.1 Å². The van der Waals surface area contributed by atoms with Gasteiger partial charge in [0.05, 0.1) is 6.61 Å². The summed E-state index contributed by atoms with van der Waals surface area (Å²) < 4.78 is 10.8. The SMILES string of the molecule is CCOc1cccc(CNC(=O)C(Cc2ccccc2)NC(=O)OCc2ccccc2)c1. The number of nitrogens with one attached hydrogen (secondary N) is 2. The molecule has 3 aromatic rings. The molecule has 0 saturated heterocycles. The smallest absolute Gasteiger partial charge is 0.408 e. The van der Waals surface area contributed by atoms with Crippen molar-refractivity contribution in [1.29, 1.82) is 0 Å². The Morgan fingerprint density at radius 3 is 2.19 bits per heavy atom. The monoisotopic (exact) mass is 432 g/mol. The molecule has 0 bridgehead atoms. The lowest BCUT2D eigenvalue weighted by Gasteiger charge is -2.19. The molecule has 3 rings (SSSR count). The minimum Gasteiger partial charge on any atom is -0.494 e. The molecule has 2 N–H and O–H groups in total. The summed E-state index contributed by atoms with van der Waals surface area (Å²) in [6.45, 7) is 2.96. The Balaban J connectivity index is 1.61. The summed E-state index contributed by atoms with van der Waals surface area (Å²) in [6, 6.07) is 25.7. The molecule has 0 aromatic heterocycles. The quantitative estimate of drug-likeness (QED) is 0.502. The van der Waals surface area contributed by atoms with E-state index in [4.69, 9.17) is 9.47 Å². The molecule has 0 aliphatic carbocycles. The number of hydrogen-bond donors (Lipinski definition) is 2. The van der Waals surface area contributed by atoms with Gasteiger partial charge in [-0.05, 0) is 35.7 Å². The number of carbonyl (C=O) groups is 2. The first-order chi connectivity index (χ1) is 15.6. The number of benzene rings is 3. The highest BCUT2D eigenvalue weighted by Gasteiger charge is 2.22. The molecular formula is C26H28N2O4. The fourth-order valence-electron chi connectivity index (χ4n) is 3.19. The van der Waals surface area contributed by atoms with Crippen LogP contribution in [0.1, 0.15) is 23.6 Å². The normalized spacial score (nSPS) is 11.3. The highest BCUT2D eigenvalue weighted by molar-refractivity contribution is 5.85. The van der Waals surface area contributed by atoms with Gasteiger partial charge in [0.25, 0.3) is 0 Å². The second-order valence-electron chi connectivity index (χ2n) is 7.25. The summed E-state index contributed by atoms with van der Waals surface area (Å²) >= 11 is 0. The number of alkyl carbamates (subject to hydrolysis) is 1. The van der Waals surface area contributed by atoms with Crippen LogP contribution in [0.15, 0.2) is 84.9 Å². The van der Waals surface area contributed by atoms with E-state index in [1.165, 1.54) is 0 Å². The predicted octanol–water partition coefficient (Wildman–Crippen LogP) is 4.24. The van der Waals surface area contributed by atoms with Gasteiger partial charge in [0.2, 0.25) is 5.91 Å². The first-order valence-corrected chi connectivity index (χ1v) is 10.6. The topological polar surface area (TPSA) is 76.7 Å². The van der Waals surface area contributed by atoms with Crippen LogP contribution in [0.5, 0.6) is 5.75 Å². The van der Waals surface area contributed by atoms with Crippen molar-refractivity contribution in [2.75, 3.05) is 6.61 Å². The Morgan fingerprint density at radius 1 is 0.844 bits per heavy atom. The molecular weight excluding hydrogens is 404 g/mol. The van der Waals surface area contributed by atoms with Crippen molar-refractivity contribution >= 4 is 12.0 Å². The van der Waals surface area contributed by atoms with Crippen LogP contribution < -0.4 is 15.4 Å². The van der Waals surface area contributed by atoms with Crippen molar-refractivity contribution in [3.8, 4) is 5.75 Å². The number of carbonyl (C=O) groups excluding carboxylic acids is 2. The second kappa shape index (κ2) is 12.2. The zero-order chi connectivity index (χ0) is 22.6. The van der Waals surface area contributed by atoms with Crippen molar-refractivity contribution in [1.82, 2.24) is 10.6 Å². The summed E-state index contributed by atoms with van der Waals surface area (Å²) in [6.07, 6.45) is -0.283. The van der Waals surface area contributed by atoms with Crippen molar-refractivity contribution in [3.05, 3.63) is 102 Å². The van der Waals surface area contributed by atoms with Crippen molar-refractivity contribution in [3.63, 3.8) is 0 Å². The van der Waals surface area contributed by atoms with Crippen molar-refractivity contribution in [2.24, 2.45) is 0 Å². The third-order valence-electron chi connectivity index (χ3n) is 4.78. The fourth-order valence-corrected chi connectivity index (χ4v) is 3.19. The molecule has 0 fully saturated rings. The Hall–Kier alpha value is -3.80. The Morgan fingerprint density at radius 2 is 1.50 bits per heavy atom. The molecule has 1 atom stereocenters. The zero-order valence-electron chi connectivity index (χ0n) is 18.1. The Labute approximate surface area is 188 Å². The van der Waals surface area contributed by atoms with Crippen molar-refractivity contribution in [2.45, 2.75) is 32.5 Å². The van der Waals surface area contributed by atoms with Gasteiger partial charge in [-0.2, -0.15) is 0 Å². The molecule has 0 saturated carbocycles. The molecule has 1 unspecified atom stereocenters. The van der Waals surface area contributed by atoms with Crippen LogP contribution in [0.3, 0.4) is 0 Å². The third kappa shape index (κ3) is 7.47. The summed E-state index contributed by atoms with van der Waals surface area (Å²) in [5, 5.41) is 5.61. The highest BCUT2D eigenvalue weighted by Crippen LogP contribution is 2.13. The van der Waals surface area contributed by atoms with E-state index in [-0.39, 0.29) is 12.5 Å². The van der Waals surface area contributed by atoms with E-state index < -0.39 is 12.1 Å². The first-order valence-electron chi connectivity index (χ1n) is 10.6. The minimum atomic E-state index is -0.768. The number of amides is 2. The Kier molecular flexibility index (Phi) is 8.69. The molecule has 32 heavy (non-hydrogen) atoms. The van der Waals surface area contributed by atoms with Gasteiger partial charge in [0.1, 0.15) is 18.4 Å². The summed E-state index contributed by atoms with van der Waals surface area (Å²) in [4.78, 5) is 25.3. The molecule has 2 amide bonds. The van der Waals surface area contributed by atoms with Crippen LogP contribution in [0, 0.1) is 0 Å². The lowest BCUT2D eigenvalue weighted by molar-refractivity contribution is -0.123. The molecule has 0 spiro atoms. The van der Waals surface area contributed by atoms with E-state index in [0.29, 0.717) is 19.6 Å². The predicted molar refractivity (Wildman–Crippen MR) is 123 cm³/mol. The van der Waals surface area contributed by atoms with Gasteiger partial charge in [-0.15, -0.1) is 0 Å². The molecule has 6 heteroatoms. The second-order valence-corrected chi connectivity index (χ2v) is 7.25. The molecule has 0 radical (unpaired) electrons. The van der Waals surface area contributed by atoms with E-state index in [2.05, 4.69) is 10.6 Å². The van der Waals surface area contributed by atoms with E-state index in [0.717, 1.165) is 22.4 Å². The maximum atomic E-state index is 12.9. The average Bonchev–Trinajstić information content (AvgIpc) is 2.82. The van der Waals surface area contributed by atoms with E-state index in [9.17, 15) is 9.59 Å². The summed E-state index contributed by atoms with van der Waals surface area (Å²) in [7, 11) is 0. The molecule has 166 valence electrons.